The van der Waals surface area contributed by atoms with Crippen molar-refractivity contribution in [3.05, 3.63) is 63.7 Å². The van der Waals surface area contributed by atoms with Crippen LogP contribution in [0.1, 0.15) is 28.8 Å². The van der Waals surface area contributed by atoms with Gasteiger partial charge in [-0.1, -0.05) is 12.1 Å². The third-order valence-corrected chi connectivity index (χ3v) is 4.56. The number of urea groups is 1. The highest BCUT2D eigenvalue weighted by Crippen LogP contribution is 2.31. The van der Waals surface area contributed by atoms with Crippen molar-refractivity contribution in [3.63, 3.8) is 0 Å². The molecule has 3 amide bonds. The van der Waals surface area contributed by atoms with E-state index in [0.717, 1.165) is 31.5 Å². The summed E-state index contributed by atoms with van der Waals surface area (Å²) in [5, 5.41) is 16.6. The number of amides is 3. The molecule has 0 bridgehead atoms. The molecule has 0 aromatic heterocycles. The van der Waals surface area contributed by atoms with Gasteiger partial charge in [-0.3, -0.25) is 14.9 Å². The van der Waals surface area contributed by atoms with Gasteiger partial charge in [0.15, 0.2) is 0 Å². The highest BCUT2D eigenvalue weighted by molar-refractivity contribution is 5.95. The van der Waals surface area contributed by atoms with Gasteiger partial charge in [0, 0.05) is 37.0 Å². The second-order valence-corrected chi connectivity index (χ2v) is 6.52. The number of nitro groups is 1. The van der Waals surface area contributed by atoms with Crippen molar-refractivity contribution in [2.45, 2.75) is 19.4 Å². The van der Waals surface area contributed by atoms with Crippen LogP contribution in [0.15, 0.2) is 42.5 Å². The van der Waals surface area contributed by atoms with Gasteiger partial charge < -0.3 is 21.3 Å². The third kappa shape index (κ3) is 4.56. The van der Waals surface area contributed by atoms with Gasteiger partial charge in [-0.25, -0.2) is 4.79 Å². The minimum absolute atomic E-state index is 0.0589. The van der Waals surface area contributed by atoms with Crippen LogP contribution >= 0.6 is 0 Å². The molecule has 2 aromatic carbocycles. The molecule has 1 aliphatic heterocycles. The van der Waals surface area contributed by atoms with Gasteiger partial charge in [-0.2, -0.15) is 0 Å². The zero-order valence-electron chi connectivity index (χ0n) is 15.2. The fraction of sp³-hybridized carbons (Fsp3) is 0.263. The van der Waals surface area contributed by atoms with Crippen LogP contribution in [0, 0.1) is 10.1 Å². The van der Waals surface area contributed by atoms with Crippen molar-refractivity contribution in [3.8, 4) is 0 Å². The summed E-state index contributed by atoms with van der Waals surface area (Å²) < 4.78 is 0. The SMILES string of the molecule is NC(=O)Nc1ccc(CNC(=O)c2ccc(N3CCCC3)c([N+](=O)[O-])c2)cc1. The minimum Gasteiger partial charge on any atom is -0.366 e. The molecule has 2 aromatic rings. The van der Waals surface area contributed by atoms with Gasteiger partial charge in [-0.05, 0) is 42.7 Å². The smallest absolute Gasteiger partial charge is 0.316 e. The molecule has 28 heavy (non-hydrogen) atoms. The number of benzene rings is 2. The number of hydrogen-bond donors (Lipinski definition) is 3. The van der Waals surface area contributed by atoms with Gasteiger partial charge in [0.05, 0.1) is 4.92 Å². The molecule has 0 saturated carbocycles. The molecule has 1 fully saturated rings. The topological polar surface area (TPSA) is 131 Å². The lowest BCUT2D eigenvalue weighted by atomic mass is 10.1. The van der Waals surface area contributed by atoms with E-state index in [1.165, 1.54) is 6.07 Å². The third-order valence-electron chi connectivity index (χ3n) is 4.56. The molecule has 0 atom stereocenters. The maximum atomic E-state index is 12.4. The van der Waals surface area contributed by atoms with Crippen LogP contribution in [-0.2, 0) is 6.54 Å². The number of hydrogen-bond acceptors (Lipinski definition) is 5. The summed E-state index contributed by atoms with van der Waals surface area (Å²) in [6, 6.07) is 10.7. The standard InChI is InChI=1S/C19H21N5O4/c20-19(26)22-15-6-3-13(4-7-15)12-21-18(25)14-5-8-16(17(11-14)24(27)28)23-9-1-2-10-23/h3-8,11H,1-2,9-10,12H2,(H,21,25)(H3,20,22,26). The first kappa shape index (κ1) is 19.2. The Morgan fingerprint density at radius 3 is 2.39 bits per heavy atom. The molecule has 1 aliphatic rings. The summed E-state index contributed by atoms with van der Waals surface area (Å²) in [4.78, 5) is 36.2. The maximum Gasteiger partial charge on any atom is 0.316 e. The Labute approximate surface area is 161 Å². The van der Waals surface area contributed by atoms with Gasteiger partial charge in [0.1, 0.15) is 5.69 Å². The van der Waals surface area contributed by atoms with E-state index in [1.54, 1.807) is 36.4 Å². The quantitative estimate of drug-likeness (QED) is 0.521. The molecule has 9 heteroatoms. The summed E-state index contributed by atoms with van der Waals surface area (Å²) in [6.45, 7) is 1.82. The van der Waals surface area contributed by atoms with E-state index in [2.05, 4.69) is 10.6 Å². The first-order valence-electron chi connectivity index (χ1n) is 8.91. The summed E-state index contributed by atoms with van der Waals surface area (Å²) >= 11 is 0. The Balaban J connectivity index is 1.67. The van der Waals surface area contributed by atoms with Crippen molar-refractivity contribution in [1.29, 1.82) is 0 Å². The second-order valence-electron chi connectivity index (χ2n) is 6.52. The van der Waals surface area contributed by atoms with E-state index in [1.807, 2.05) is 4.90 Å². The average Bonchev–Trinajstić information content (AvgIpc) is 3.21. The highest BCUT2D eigenvalue weighted by atomic mass is 16.6. The Morgan fingerprint density at radius 1 is 1.11 bits per heavy atom. The van der Waals surface area contributed by atoms with Crippen molar-refractivity contribution in [1.82, 2.24) is 5.32 Å². The van der Waals surface area contributed by atoms with Gasteiger partial charge >= 0.3 is 6.03 Å². The molecule has 4 N–H and O–H groups in total. The molecule has 9 nitrogen and oxygen atoms in total. The monoisotopic (exact) mass is 383 g/mol. The summed E-state index contributed by atoms with van der Waals surface area (Å²) in [6.07, 6.45) is 2.01. The van der Waals surface area contributed by atoms with Gasteiger partial charge in [0.2, 0.25) is 0 Å². The van der Waals surface area contributed by atoms with Crippen molar-refractivity contribution >= 4 is 29.0 Å². The zero-order chi connectivity index (χ0) is 20.1. The number of nitro benzene ring substituents is 1. The molecule has 0 aliphatic carbocycles. The van der Waals surface area contributed by atoms with Crippen LogP contribution in [0.4, 0.5) is 21.9 Å². The van der Waals surface area contributed by atoms with Crippen LogP contribution < -0.4 is 21.3 Å². The Kier molecular flexibility index (Phi) is 5.73. The van der Waals surface area contributed by atoms with E-state index in [0.29, 0.717) is 11.4 Å². The van der Waals surface area contributed by atoms with Crippen LogP contribution in [0.5, 0.6) is 0 Å². The summed E-state index contributed by atoms with van der Waals surface area (Å²) in [5.41, 5.74) is 7.15. The number of carbonyl (C=O) groups excluding carboxylic acids is 2. The van der Waals surface area contributed by atoms with Gasteiger partial charge in [-0.15, -0.1) is 0 Å². The lowest BCUT2D eigenvalue weighted by Gasteiger charge is -2.17. The van der Waals surface area contributed by atoms with E-state index in [-0.39, 0.29) is 17.8 Å². The van der Waals surface area contributed by atoms with Gasteiger partial charge in [0.25, 0.3) is 11.6 Å². The predicted octanol–water partition coefficient (Wildman–Crippen LogP) is 2.62. The zero-order valence-corrected chi connectivity index (χ0v) is 15.2. The van der Waals surface area contributed by atoms with Crippen LogP contribution in [0.25, 0.3) is 0 Å². The number of rotatable bonds is 6. The molecule has 146 valence electrons. The lowest BCUT2D eigenvalue weighted by Crippen LogP contribution is -2.24. The predicted molar refractivity (Wildman–Crippen MR) is 105 cm³/mol. The maximum absolute atomic E-state index is 12.4. The normalized spacial score (nSPS) is 13.2. The van der Waals surface area contributed by atoms with E-state index < -0.39 is 16.9 Å². The van der Waals surface area contributed by atoms with Crippen molar-refractivity contribution in [2.24, 2.45) is 5.73 Å². The Hall–Kier alpha value is -3.62. The molecule has 0 radical (unpaired) electrons. The number of anilines is 2. The molecule has 3 rings (SSSR count). The van der Waals surface area contributed by atoms with E-state index in [9.17, 15) is 19.7 Å². The molecule has 1 heterocycles. The number of primary amides is 1. The summed E-state index contributed by atoms with van der Waals surface area (Å²) in [7, 11) is 0. The molecule has 0 unspecified atom stereocenters. The number of nitrogens with two attached hydrogens (primary N) is 1. The number of nitrogens with one attached hydrogen (secondary N) is 2. The lowest BCUT2D eigenvalue weighted by molar-refractivity contribution is -0.384. The molecular formula is C19H21N5O4. The van der Waals surface area contributed by atoms with Crippen LogP contribution in [0.3, 0.4) is 0 Å². The molecular weight excluding hydrogens is 362 g/mol. The first-order valence-corrected chi connectivity index (χ1v) is 8.91. The fourth-order valence-corrected chi connectivity index (χ4v) is 3.17. The van der Waals surface area contributed by atoms with Crippen LogP contribution in [0.2, 0.25) is 0 Å². The largest absolute Gasteiger partial charge is 0.366 e. The highest BCUT2D eigenvalue weighted by Gasteiger charge is 2.23. The number of nitrogens with zero attached hydrogens (tertiary/aromatic N) is 2. The van der Waals surface area contributed by atoms with Crippen molar-refractivity contribution < 1.29 is 14.5 Å². The average molecular weight is 383 g/mol. The fourth-order valence-electron chi connectivity index (χ4n) is 3.17. The second kappa shape index (κ2) is 8.38. The van der Waals surface area contributed by atoms with E-state index >= 15 is 0 Å². The summed E-state index contributed by atoms with van der Waals surface area (Å²) in [5.74, 6) is -0.393. The Bertz CT molecular complexity index is 892. The first-order chi connectivity index (χ1) is 13.4. The minimum atomic E-state index is -0.653. The van der Waals surface area contributed by atoms with Crippen LogP contribution in [-0.4, -0.2) is 30.0 Å². The molecule has 1 saturated heterocycles. The number of carbonyl (C=O) groups is 2. The Morgan fingerprint density at radius 2 is 1.79 bits per heavy atom. The van der Waals surface area contributed by atoms with E-state index in [4.69, 9.17) is 5.73 Å². The van der Waals surface area contributed by atoms with Crippen molar-refractivity contribution in [2.75, 3.05) is 23.3 Å². The molecule has 0 spiro atoms.